The fourth-order valence-electron chi connectivity index (χ4n) is 2.99. The summed E-state index contributed by atoms with van der Waals surface area (Å²) in [5.74, 6) is 0. The fourth-order valence-corrected chi connectivity index (χ4v) is 17.8. The summed E-state index contributed by atoms with van der Waals surface area (Å²) in [7, 11) is -10.1. The molecule has 0 aromatic carbocycles. The maximum absolute atomic E-state index is 13.9. The van der Waals surface area contributed by atoms with Gasteiger partial charge in [-0.3, -0.25) is 27.4 Å². The van der Waals surface area contributed by atoms with E-state index < -0.39 is 32.2 Å². The molecule has 0 amide bonds. The highest BCUT2D eigenvalue weighted by Crippen LogP contribution is 2.94. The fraction of sp³-hybridized carbons (Fsp3) is 1.00. The zero-order valence-electron chi connectivity index (χ0n) is 19.7. The van der Waals surface area contributed by atoms with Gasteiger partial charge < -0.3 is 0 Å². The van der Waals surface area contributed by atoms with Gasteiger partial charge in [0.2, 0.25) is 0 Å². The van der Waals surface area contributed by atoms with Gasteiger partial charge >= 0.3 is 15.5 Å². The molecule has 10 nitrogen and oxygen atoms in total. The minimum Gasteiger partial charge on any atom is -0.296 e. The molecule has 0 bridgehead atoms. The summed E-state index contributed by atoms with van der Waals surface area (Å²) in [6.45, 7) is 19.1. The van der Waals surface area contributed by atoms with E-state index in [1.54, 1.807) is 27.7 Å². The summed E-state index contributed by atoms with van der Waals surface area (Å²) < 4.78 is 58.8. The summed E-state index contributed by atoms with van der Waals surface area (Å²) in [6, 6.07) is 0. The lowest BCUT2D eigenvalue weighted by atomic mass is 10.7. The second-order valence-corrected chi connectivity index (χ2v) is 15.4. The molecule has 0 aromatic rings. The van der Waals surface area contributed by atoms with Crippen LogP contribution in [0, 0.1) is 0 Å². The second-order valence-electron chi connectivity index (χ2n) is 5.96. The Morgan fingerprint density at radius 2 is 0.800 bits per heavy atom. The van der Waals surface area contributed by atoms with Gasteiger partial charge in [0.25, 0.3) is 0 Å². The highest BCUT2D eigenvalue weighted by atomic mass is 31.4. The zero-order chi connectivity index (χ0) is 22.9. The summed E-state index contributed by atoms with van der Waals surface area (Å²) in [5.41, 5.74) is 0. The molecule has 180 valence electrons. The van der Waals surface area contributed by atoms with Crippen molar-refractivity contribution >= 4 is 32.2 Å². The van der Waals surface area contributed by atoms with Crippen molar-refractivity contribution in [2.75, 3.05) is 52.6 Å². The van der Waals surface area contributed by atoms with Crippen molar-refractivity contribution in [2.24, 2.45) is 0 Å². The Morgan fingerprint density at radius 3 is 0.967 bits per heavy atom. The first-order valence-corrected chi connectivity index (χ1v) is 16.2. The second kappa shape index (κ2) is 13.6. The van der Waals surface area contributed by atoms with E-state index in [-0.39, 0.29) is 26.4 Å². The monoisotopic (exact) mass is 508 g/mol. The largest absolute Gasteiger partial charge is 0.419 e. The van der Waals surface area contributed by atoms with Crippen LogP contribution in [0.25, 0.3) is 0 Å². The summed E-state index contributed by atoms with van der Waals surface area (Å²) in [4.78, 5) is 0. The van der Waals surface area contributed by atoms with E-state index in [9.17, 15) is 9.13 Å². The minimum absolute atomic E-state index is 0.255. The van der Waals surface area contributed by atoms with Crippen LogP contribution in [0.3, 0.4) is 0 Å². The van der Waals surface area contributed by atoms with Gasteiger partial charge in [-0.05, 0) is 27.7 Å². The van der Waals surface area contributed by atoms with Gasteiger partial charge in [0.15, 0.2) is 16.7 Å². The molecule has 0 unspecified atom stereocenters. The number of nitrogens with zero attached hydrogens (tertiary/aromatic N) is 4. The standard InChI is InChI=1S/C16H40N4O6P4/c1-9-17(10-2)27-19(29(21,23-13-5)24-14-6)28(18(11-3)12-4)20(27)30(22,25-15-7)26-16-8/h9-16H2,1-8H3. The number of rotatable bonds is 16. The third-order valence-electron chi connectivity index (χ3n) is 4.21. The SMILES string of the molecule is CCOP(=O)(OCC)N1P(N(CC)CC)N(P(=O)(OCC)OCC)P1N(CC)CC. The Labute approximate surface area is 185 Å². The van der Waals surface area contributed by atoms with E-state index in [2.05, 4.69) is 9.34 Å². The Balaban J connectivity index is 3.65. The molecule has 0 N–H and O–H groups in total. The molecule has 0 aliphatic carbocycles. The summed E-state index contributed by atoms with van der Waals surface area (Å²) in [6.07, 6.45) is 0. The topological polar surface area (TPSA) is 84.0 Å². The molecule has 1 aliphatic rings. The molecule has 14 heteroatoms. The van der Waals surface area contributed by atoms with Crippen LogP contribution in [0.2, 0.25) is 0 Å². The van der Waals surface area contributed by atoms with Crippen LogP contribution in [0.15, 0.2) is 0 Å². The summed E-state index contributed by atoms with van der Waals surface area (Å²) >= 11 is 0. The molecule has 0 saturated carbocycles. The third kappa shape index (κ3) is 6.11. The molecule has 1 fully saturated rings. The van der Waals surface area contributed by atoms with Crippen LogP contribution in [-0.4, -0.2) is 70.4 Å². The number of hydrogen-bond acceptors (Lipinski definition) is 8. The minimum atomic E-state index is -3.61. The van der Waals surface area contributed by atoms with Crippen LogP contribution in [0.4, 0.5) is 0 Å². The Morgan fingerprint density at radius 1 is 0.567 bits per heavy atom. The molecule has 1 aliphatic heterocycles. The normalized spacial score (nSPS) is 21.5. The Kier molecular flexibility index (Phi) is 13.2. The lowest BCUT2D eigenvalue weighted by Gasteiger charge is -2.61. The third-order valence-corrected chi connectivity index (χ3v) is 17.3. The maximum atomic E-state index is 13.9. The molecular weight excluding hydrogens is 468 g/mol. The van der Waals surface area contributed by atoms with Crippen LogP contribution >= 0.6 is 32.2 Å². The van der Waals surface area contributed by atoms with E-state index in [1.807, 2.05) is 36.1 Å². The lowest BCUT2D eigenvalue weighted by Crippen LogP contribution is -2.47. The van der Waals surface area contributed by atoms with E-state index in [4.69, 9.17) is 18.1 Å². The van der Waals surface area contributed by atoms with Gasteiger partial charge in [0.1, 0.15) is 0 Å². The van der Waals surface area contributed by atoms with Crippen molar-refractivity contribution in [1.29, 1.82) is 0 Å². The molecule has 0 atom stereocenters. The molecule has 1 saturated heterocycles. The van der Waals surface area contributed by atoms with Crippen LogP contribution in [0.5, 0.6) is 0 Å². The van der Waals surface area contributed by atoms with Gasteiger partial charge in [-0.15, -0.1) is 8.42 Å². The van der Waals surface area contributed by atoms with E-state index in [0.29, 0.717) is 26.2 Å². The van der Waals surface area contributed by atoms with Gasteiger partial charge in [-0.25, -0.2) is 9.13 Å². The average Bonchev–Trinajstić information content (AvgIpc) is 2.68. The molecule has 1 rings (SSSR count). The van der Waals surface area contributed by atoms with Crippen molar-refractivity contribution < 1.29 is 27.2 Å². The lowest BCUT2D eigenvalue weighted by molar-refractivity contribution is 0.188. The van der Waals surface area contributed by atoms with Crippen molar-refractivity contribution in [3.63, 3.8) is 0 Å². The van der Waals surface area contributed by atoms with Crippen LogP contribution < -0.4 is 0 Å². The average molecular weight is 508 g/mol. The highest BCUT2D eigenvalue weighted by molar-refractivity contribution is 7.96. The highest BCUT2D eigenvalue weighted by Gasteiger charge is 2.67. The first-order chi connectivity index (χ1) is 14.3. The maximum Gasteiger partial charge on any atom is 0.419 e. The molecule has 0 spiro atoms. The van der Waals surface area contributed by atoms with Gasteiger partial charge in [-0.2, -0.15) is 0 Å². The predicted molar refractivity (Wildman–Crippen MR) is 125 cm³/mol. The molecule has 0 aromatic heterocycles. The van der Waals surface area contributed by atoms with Gasteiger partial charge in [0, 0.05) is 26.2 Å². The van der Waals surface area contributed by atoms with Crippen LogP contribution in [-0.2, 0) is 27.2 Å². The first kappa shape index (κ1) is 29.0. The van der Waals surface area contributed by atoms with Gasteiger partial charge in [-0.1, -0.05) is 27.7 Å². The molecule has 0 radical (unpaired) electrons. The van der Waals surface area contributed by atoms with Crippen molar-refractivity contribution in [1.82, 2.24) is 17.8 Å². The van der Waals surface area contributed by atoms with Crippen molar-refractivity contribution in [3.8, 4) is 0 Å². The predicted octanol–water partition coefficient (Wildman–Crippen LogP) is 6.10. The smallest absolute Gasteiger partial charge is 0.296 e. The first-order valence-electron chi connectivity index (χ1n) is 10.8. The Hall–Kier alpha value is 1.000. The Bertz CT molecular complexity index is 518. The van der Waals surface area contributed by atoms with E-state index >= 15 is 0 Å². The van der Waals surface area contributed by atoms with Crippen molar-refractivity contribution in [3.05, 3.63) is 0 Å². The molecular formula is C16H40N4O6P4. The van der Waals surface area contributed by atoms with E-state index in [0.717, 1.165) is 0 Å². The summed E-state index contributed by atoms with van der Waals surface area (Å²) in [5, 5.41) is 0. The molecule has 30 heavy (non-hydrogen) atoms. The van der Waals surface area contributed by atoms with E-state index in [1.165, 1.54) is 0 Å². The van der Waals surface area contributed by atoms with Gasteiger partial charge in [0.05, 0.1) is 26.4 Å². The van der Waals surface area contributed by atoms with Crippen LogP contribution in [0.1, 0.15) is 55.4 Å². The van der Waals surface area contributed by atoms with Crippen molar-refractivity contribution in [2.45, 2.75) is 55.4 Å². The quantitative estimate of drug-likeness (QED) is 0.228. The number of hydrogen-bond donors (Lipinski definition) is 0. The molecule has 1 heterocycles. The zero-order valence-corrected chi connectivity index (χ0v) is 23.3.